The summed E-state index contributed by atoms with van der Waals surface area (Å²) in [5.74, 6) is -0.617. The van der Waals surface area contributed by atoms with Crippen LogP contribution in [0.4, 0.5) is 11.4 Å². The third kappa shape index (κ3) is 6.65. The average molecular weight is 439 g/mol. The molecule has 7 nitrogen and oxygen atoms in total. The molecule has 3 amide bonds. The Hall–Kier alpha value is -3.19. The first kappa shape index (κ1) is 25.1. The van der Waals surface area contributed by atoms with E-state index in [1.165, 1.54) is 6.92 Å². The molecule has 2 aromatic carbocycles. The van der Waals surface area contributed by atoms with Crippen LogP contribution >= 0.6 is 0 Å². The Morgan fingerprint density at radius 3 is 2.34 bits per heavy atom. The molecule has 1 aliphatic heterocycles. The largest absolute Gasteiger partial charge is 0.349 e. The molecule has 172 valence electrons. The quantitative estimate of drug-likeness (QED) is 0.640. The van der Waals surface area contributed by atoms with Crippen LogP contribution in [0.3, 0.4) is 0 Å². The Morgan fingerprint density at radius 2 is 1.69 bits per heavy atom. The smallest absolute Gasteiger partial charge is 0.255 e. The van der Waals surface area contributed by atoms with E-state index in [9.17, 15) is 14.4 Å². The van der Waals surface area contributed by atoms with Gasteiger partial charge in [-0.15, -0.1) is 0 Å². The van der Waals surface area contributed by atoms with E-state index in [1.807, 2.05) is 20.8 Å². The lowest BCUT2D eigenvalue weighted by molar-refractivity contribution is -0.116. The average Bonchev–Trinajstić information content (AvgIpc) is 2.82. The minimum absolute atomic E-state index is 0.0880. The van der Waals surface area contributed by atoms with Gasteiger partial charge in [0.2, 0.25) is 5.91 Å². The molecule has 7 heteroatoms. The lowest BCUT2D eigenvalue weighted by Gasteiger charge is -2.24. The number of benzene rings is 2. The van der Waals surface area contributed by atoms with Crippen molar-refractivity contribution in [1.29, 1.82) is 0 Å². The van der Waals surface area contributed by atoms with Crippen molar-refractivity contribution in [2.24, 2.45) is 0 Å². The second kappa shape index (κ2) is 12.6. The van der Waals surface area contributed by atoms with Gasteiger partial charge in [-0.25, -0.2) is 0 Å². The fraction of sp³-hybridized carbons (Fsp3) is 0.400. The molecule has 3 rings (SSSR count). The molecule has 1 aliphatic rings. The zero-order valence-corrected chi connectivity index (χ0v) is 19.4. The van der Waals surface area contributed by atoms with Crippen LogP contribution in [0.2, 0.25) is 0 Å². The van der Waals surface area contributed by atoms with E-state index in [1.54, 1.807) is 53.4 Å². The van der Waals surface area contributed by atoms with Gasteiger partial charge in [0.05, 0.1) is 11.3 Å². The summed E-state index contributed by atoms with van der Waals surface area (Å²) in [4.78, 5) is 39.0. The SMILES string of the molecule is CC.CCN(C(C)=O)c1cccc(C(=O)Nc2ccccc2C(=O)NC2CCNCC2)c1. The fourth-order valence-electron chi connectivity index (χ4n) is 3.62. The highest BCUT2D eigenvalue weighted by molar-refractivity contribution is 6.09. The van der Waals surface area contributed by atoms with Gasteiger partial charge in [-0.2, -0.15) is 0 Å². The van der Waals surface area contributed by atoms with Crippen molar-refractivity contribution in [3.8, 4) is 0 Å². The molecule has 0 saturated carbocycles. The molecule has 0 aliphatic carbocycles. The van der Waals surface area contributed by atoms with Crippen molar-refractivity contribution >= 4 is 29.1 Å². The van der Waals surface area contributed by atoms with Gasteiger partial charge in [0.15, 0.2) is 0 Å². The molecule has 1 fully saturated rings. The third-order valence-corrected chi connectivity index (χ3v) is 5.21. The molecule has 32 heavy (non-hydrogen) atoms. The normalized spacial score (nSPS) is 13.4. The molecule has 1 saturated heterocycles. The lowest BCUT2D eigenvalue weighted by Crippen LogP contribution is -2.42. The molecule has 0 bridgehead atoms. The lowest BCUT2D eigenvalue weighted by atomic mass is 10.1. The summed E-state index contributed by atoms with van der Waals surface area (Å²) in [6, 6.07) is 14.0. The van der Waals surface area contributed by atoms with Crippen molar-refractivity contribution in [2.45, 2.75) is 46.6 Å². The van der Waals surface area contributed by atoms with Gasteiger partial charge < -0.3 is 20.9 Å². The first-order valence-electron chi connectivity index (χ1n) is 11.3. The van der Waals surface area contributed by atoms with Gasteiger partial charge in [-0.1, -0.05) is 32.0 Å². The number of piperidine rings is 1. The van der Waals surface area contributed by atoms with Gasteiger partial charge in [-0.3, -0.25) is 14.4 Å². The number of para-hydroxylation sites is 1. The van der Waals surface area contributed by atoms with Crippen LogP contribution < -0.4 is 20.9 Å². The van der Waals surface area contributed by atoms with Crippen LogP contribution in [0.25, 0.3) is 0 Å². The number of hydrogen-bond donors (Lipinski definition) is 3. The summed E-state index contributed by atoms with van der Waals surface area (Å²) in [6.07, 6.45) is 1.77. The Labute approximate surface area is 190 Å². The minimum atomic E-state index is -0.335. The highest BCUT2D eigenvalue weighted by Gasteiger charge is 2.19. The molecule has 0 spiro atoms. The van der Waals surface area contributed by atoms with Crippen molar-refractivity contribution in [2.75, 3.05) is 29.9 Å². The van der Waals surface area contributed by atoms with Crippen molar-refractivity contribution < 1.29 is 14.4 Å². The molecular weight excluding hydrogens is 404 g/mol. The molecule has 0 unspecified atom stereocenters. The Balaban J connectivity index is 0.00000176. The molecule has 0 aromatic heterocycles. The maximum Gasteiger partial charge on any atom is 0.255 e. The number of anilines is 2. The first-order valence-corrected chi connectivity index (χ1v) is 11.3. The van der Waals surface area contributed by atoms with Crippen LogP contribution in [0.1, 0.15) is 61.3 Å². The van der Waals surface area contributed by atoms with E-state index in [0.29, 0.717) is 29.0 Å². The van der Waals surface area contributed by atoms with Gasteiger partial charge in [0, 0.05) is 30.8 Å². The maximum atomic E-state index is 12.9. The van der Waals surface area contributed by atoms with Gasteiger partial charge in [-0.05, 0) is 63.2 Å². The number of carbonyl (C=O) groups excluding carboxylic acids is 3. The molecule has 3 N–H and O–H groups in total. The molecule has 1 heterocycles. The maximum absolute atomic E-state index is 12.9. The Morgan fingerprint density at radius 1 is 1.00 bits per heavy atom. The minimum Gasteiger partial charge on any atom is -0.349 e. The van der Waals surface area contributed by atoms with Crippen LogP contribution in [-0.2, 0) is 4.79 Å². The number of rotatable bonds is 6. The fourth-order valence-corrected chi connectivity index (χ4v) is 3.62. The number of hydrogen-bond acceptors (Lipinski definition) is 4. The number of nitrogens with zero attached hydrogens (tertiary/aromatic N) is 1. The molecule has 0 radical (unpaired) electrons. The van der Waals surface area contributed by atoms with E-state index in [2.05, 4.69) is 16.0 Å². The zero-order chi connectivity index (χ0) is 23.5. The number of carbonyl (C=O) groups is 3. The topological polar surface area (TPSA) is 90.5 Å². The summed E-state index contributed by atoms with van der Waals surface area (Å²) in [5.41, 5.74) is 1.97. The molecule has 0 atom stereocenters. The van der Waals surface area contributed by atoms with Crippen molar-refractivity contribution in [3.63, 3.8) is 0 Å². The summed E-state index contributed by atoms with van der Waals surface area (Å²) < 4.78 is 0. The Bertz CT molecular complexity index is 923. The number of amides is 3. The van der Waals surface area contributed by atoms with Crippen LogP contribution in [0, 0.1) is 0 Å². The highest BCUT2D eigenvalue weighted by Crippen LogP contribution is 2.20. The number of nitrogens with one attached hydrogen (secondary N) is 3. The van der Waals surface area contributed by atoms with E-state index in [0.717, 1.165) is 25.9 Å². The second-order valence-electron chi connectivity index (χ2n) is 7.31. The second-order valence-corrected chi connectivity index (χ2v) is 7.31. The van der Waals surface area contributed by atoms with Gasteiger partial charge in [0.1, 0.15) is 0 Å². The molecule has 2 aromatic rings. The van der Waals surface area contributed by atoms with Crippen molar-refractivity contribution in [1.82, 2.24) is 10.6 Å². The standard InChI is InChI=1S/C23H28N4O3.C2H6/c1-3-27(16(2)28)19-8-6-7-17(15-19)22(29)26-21-10-5-4-9-20(21)23(30)25-18-11-13-24-14-12-18;1-2/h4-10,15,18,24H,3,11-14H2,1-2H3,(H,25,30)(H,26,29);1-2H3. The van der Waals surface area contributed by atoms with E-state index in [-0.39, 0.29) is 23.8 Å². The van der Waals surface area contributed by atoms with Gasteiger partial charge >= 0.3 is 0 Å². The van der Waals surface area contributed by atoms with Crippen LogP contribution in [-0.4, -0.2) is 43.4 Å². The Kier molecular flexibility index (Phi) is 9.88. The predicted octanol–water partition coefficient (Wildman–Crippen LogP) is 3.82. The van der Waals surface area contributed by atoms with Gasteiger partial charge in [0.25, 0.3) is 11.8 Å². The summed E-state index contributed by atoms with van der Waals surface area (Å²) in [6.45, 7) is 9.66. The summed E-state index contributed by atoms with van der Waals surface area (Å²) in [7, 11) is 0. The van der Waals surface area contributed by atoms with E-state index in [4.69, 9.17) is 0 Å². The third-order valence-electron chi connectivity index (χ3n) is 5.21. The van der Waals surface area contributed by atoms with Crippen molar-refractivity contribution in [3.05, 3.63) is 59.7 Å². The summed E-state index contributed by atoms with van der Waals surface area (Å²) >= 11 is 0. The first-order chi connectivity index (χ1) is 15.5. The van der Waals surface area contributed by atoms with Crippen LogP contribution in [0.5, 0.6) is 0 Å². The highest BCUT2D eigenvalue weighted by atomic mass is 16.2. The predicted molar refractivity (Wildman–Crippen MR) is 129 cm³/mol. The zero-order valence-electron chi connectivity index (χ0n) is 19.4. The van der Waals surface area contributed by atoms with E-state index < -0.39 is 0 Å². The van der Waals surface area contributed by atoms with Crippen LogP contribution in [0.15, 0.2) is 48.5 Å². The van der Waals surface area contributed by atoms with E-state index >= 15 is 0 Å². The molecular formula is C25H34N4O3. The summed E-state index contributed by atoms with van der Waals surface area (Å²) in [5, 5.41) is 9.18. The monoisotopic (exact) mass is 438 g/mol.